The van der Waals surface area contributed by atoms with Crippen molar-refractivity contribution in [2.45, 2.75) is 32.7 Å². The van der Waals surface area contributed by atoms with Gasteiger partial charge < -0.3 is 5.32 Å². The van der Waals surface area contributed by atoms with E-state index in [2.05, 4.69) is 39.4 Å². The zero-order valence-electron chi connectivity index (χ0n) is 11.5. The third-order valence-corrected chi connectivity index (χ3v) is 4.52. The SMILES string of the molecule is Cc1cc(Br)c(F)cc1NCc1ccc2c(c1)CCC2. The van der Waals surface area contributed by atoms with Crippen LogP contribution < -0.4 is 5.32 Å². The molecule has 1 N–H and O–H groups in total. The van der Waals surface area contributed by atoms with E-state index < -0.39 is 0 Å². The molecule has 1 nitrogen and oxygen atoms in total. The lowest BCUT2D eigenvalue weighted by Crippen LogP contribution is -2.02. The Morgan fingerprint density at radius 2 is 1.95 bits per heavy atom. The molecule has 104 valence electrons. The molecule has 0 aromatic heterocycles. The van der Waals surface area contributed by atoms with Crippen molar-refractivity contribution in [3.8, 4) is 0 Å². The molecule has 0 saturated carbocycles. The molecule has 0 saturated heterocycles. The summed E-state index contributed by atoms with van der Waals surface area (Å²) in [5.41, 5.74) is 6.11. The first-order valence-electron chi connectivity index (χ1n) is 6.93. The predicted octanol–water partition coefficient (Wildman–Crippen LogP) is 5.00. The smallest absolute Gasteiger partial charge is 0.139 e. The molecule has 0 spiro atoms. The van der Waals surface area contributed by atoms with Gasteiger partial charge in [-0.25, -0.2) is 4.39 Å². The molecule has 0 radical (unpaired) electrons. The minimum atomic E-state index is -0.230. The molecule has 0 amide bonds. The van der Waals surface area contributed by atoms with Crippen LogP contribution in [0.15, 0.2) is 34.8 Å². The lowest BCUT2D eigenvalue weighted by molar-refractivity contribution is 0.621. The maximum atomic E-state index is 13.6. The Labute approximate surface area is 127 Å². The molecule has 0 fully saturated rings. The average molecular weight is 334 g/mol. The second kappa shape index (κ2) is 5.57. The summed E-state index contributed by atoms with van der Waals surface area (Å²) in [6, 6.07) is 10.0. The highest BCUT2D eigenvalue weighted by Crippen LogP contribution is 2.26. The van der Waals surface area contributed by atoms with Crippen LogP contribution in [0.1, 0.15) is 28.7 Å². The van der Waals surface area contributed by atoms with Gasteiger partial charge in [-0.1, -0.05) is 18.2 Å². The first kappa shape index (κ1) is 13.6. The fourth-order valence-corrected chi connectivity index (χ4v) is 3.23. The Morgan fingerprint density at radius 1 is 1.15 bits per heavy atom. The maximum absolute atomic E-state index is 13.6. The zero-order chi connectivity index (χ0) is 14.1. The van der Waals surface area contributed by atoms with Crippen LogP contribution in [0, 0.1) is 12.7 Å². The molecular weight excluding hydrogens is 317 g/mol. The molecule has 1 aliphatic carbocycles. The van der Waals surface area contributed by atoms with Gasteiger partial charge in [0.1, 0.15) is 5.82 Å². The highest BCUT2D eigenvalue weighted by Gasteiger charge is 2.11. The van der Waals surface area contributed by atoms with Gasteiger partial charge in [-0.3, -0.25) is 0 Å². The molecule has 3 heteroatoms. The molecule has 0 atom stereocenters. The number of benzene rings is 2. The second-order valence-electron chi connectivity index (χ2n) is 5.39. The number of hydrogen-bond acceptors (Lipinski definition) is 1. The van der Waals surface area contributed by atoms with Gasteiger partial charge in [0.15, 0.2) is 0 Å². The molecule has 0 heterocycles. The maximum Gasteiger partial charge on any atom is 0.139 e. The van der Waals surface area contributed by atoms with E-state index >= 15 is 0 Å². The summed E-state index contributed by atoms with van der Waals surface area (Å²) < 4.78 is 14.1. The van der Waals surface area contributed by atoms with Crippen molar-refractivity contribution in [2.24, 2.45) is 0 Å². The van der Waals surface area contributed by atoms with Crippen LogP contribution in [0.3, 0.4) is 0 Å². The van der Waals surface area contributed by atoms with Crippen LogP contribution in [-0.2, 0) is 19.4 Å². The lowest BCUT2D eigenvalue weighted by atomic mass is 10.1. The number of rotatable bonds is 3. The van der Waals surface area contributed by atoms with Gasteiger partial charge in [-0.15, -0.1) is 0 Å². The van der Waals surface area contributed by atoms with E-state index in [1.54, 1.807) is 12.1 Å². The molecule has 2 aromatic rings. The van der Waals surface area contributed by atoms with Crippen molar-refractivity contribution in [1.29, 1.82) is 0 Å². The third-order valence-electron chi connectivity index (χ3n) is 3.91. The van der Waals surface area contributed by atoms with Crippen molar-refractivity contribution in [3.63, 3.8) is 0 Å². The van der Waals surface area contributed by atoms with Gasteiger partial charge in [-0.05, 0) is 76.5 Å². The van der Waals surface area contributed by atoms with Gasteiger partial charge in [0.2, 0.25) is 0 Å². The van der Waals surface area contributed by atoms with Crippen molar-refractivity contribution >= 4 is 21.6 Å². The molecule has 3 rings (SSSR count). The number of nitrogens with one attached hydrogen (secondary N) is 1. The monoisotopic (exact) mass is 333 g/mol. The Morgan fingerprint density at radius 3 is 2.80 bits per heavy atom. The van der Waals surface area contributed by atoms with Crippen molar-refractivity contribution in [3.05, 3.63) is 62.9 Å². The van der Waals surface area contributed by atoms with E-state index in [9.17, 15) is 4.39 Å². The number of hydrogen-bond donors (Lipinski definition) is 1. The Bertz CT molecular complexity index is 652. The second-order valence-corrected chi connectivity index (χ2v) is 6.25. The van der Waals surface area contributed by atoms with E-state index in [0.29, 0.717) is 4.47 Å². The minimum Gasteiger partial charge on any atom is -0.381 e. The molecular formula is C17H17BrFN. The van der Waals surface area contributed by atoms with E-state index in [-0.39, 0.29) is 5.82 Å². The van der Waals surface area contributed by atoms with Crippen LogP contribution in [0.5, 0.6) is 0 Å². The Balaban J connectivity index is 1.75. The van der Waals surface area contributed by atoms with Gasteiger partial charge in [0.25, 0.3) is 0 Å². The summed E-state index contributed by atoms with van der Waals surface area (Å²) in [7, 11) is 0. The molecule has 0 aliphatic heterocycles. The normalized spacial score (nSPS) is 13.3. The molecule has 20 heavy (non-hydrogen) atoms. The van der Waals surface area contributed by atoms with Crippen LogP contribution >= 0.6 is 15.9 Å². The third kappa shape index (κ3) is 2.73. The fourth-order valence-electron chi connectivity index (χ4n) is 2.77. The molecule has 2 aromatic carbocycles. The van der Waals surface area contributed by atoms with Gasteiger partial charge in [-0.2, -0.15) is 0 Å². The van der Waals surface area contributed by atoms with E-state index in [1.807, 2.05) is 6.92 Å². The van der Waals surface area contributed by atoms with Crippen LogP contribution in [-0.4, -0.2) is 0 Å². The minimum absolute atomic E-state index is 0.230. The summed E-state index contributed by atoms with van der Waals surface area (Å²) in [5.74, 6) is -0.230. The van der Waals surface area contributed by atoms with E-state index in [4.69, 9.17) is 0 Å². The summed E-state index contributed by atoms with van der Waals surface area (Å²) in [5, 5.41) is 3.33. The average Bonchev–Trinajstić information content (AvgIpc) is 2.89. The van der Waals surface area contributed by atoms with Crippen LogP contribution in [0.4, 0.5) is 10.1 Å². The standard InChI is InChI=1S/C17H17BrFN/c1-11-7-15(18)16(19)9-17(11)20-10-12-5-6-13-3-2-4-14(13)8-12/h5-9,20H,2-4,10H2,1H3. The molecule has 1 aliphatic rings. The number of aryl methyl sites for hydroxylation is 3. The predicted molar refractivity (Wildman–Crippen MR) is 84.6 cm³/mol. The summed E-state index contributed by atoms with van der Waals surface area (Å²) >= 11 is 3.21. The van der Waals surface area contributed by atoms with Gasteiger partial charge >= 0.3 is 0 Å². The first-order chi connectivity index (χ1) is 9.63. The quantitative estimate of drug-likeness (QED) is 0.833. The van der Waals surface area contributed by atoms with E-state index in [0.717, 1.165) is 17.8 Å². The summed E-state index contributed by atoms with van der Waals surface area (Å²) in [6.45, 7) is 2.71. The summed E-state index contributed by atoms with van der Waals surface area (Å²) in [6.07, 6.45) is 3.67. The largest absolute Gasteiger partial charge is 0.381 e. The first-order valence-corrected chi connectivity index (χ1v) is 7.73. The number of halogens is 2. The van der Waals surface area contributed by atoms with Crippen molar-refractivity contribution in [2.75, 3.05) is 5.32 Å². The van der Waals surface area contributed by atoms with Crippen molar-refractivity contribution < 1.29 is 4.39 Å². The van der Waals surface area contributed by atoms with Crippen LogP contribution in [0.25, 0.3) is 0 Å². The Hall–Kier alpha value is -1.35. The zero-order valence-corrected chi connectivity index (χ0v) is 13.1. The highest BCUT2D eigenvalue weighted by molar-refractivity contribution is 9.10. The Kier molecular flexibility index (Phi) is 3.79. The fraction of sp³-hybridized carbons (Fsp3) is 0.294. The van der Waals surface area contributed by atoms with Crippen molar-refractivity contribution in [1.82, 2.24) is 0 Å². The molecule has 0 unspecified atom stereocenters. The van der Waals surface area contributed by atoms with Crippen LogP contribution in [0.2, 0.25) is 0 Å². The number of fused-ring (bicyclic) bond motifs is 1. The molecule has 0 bridgehead atoms. The topological polar surface area (TPSA) is 12.0 Å². The van der Waals surface area contributed by atoms with E-state index in [1.165, 1.54) is 36.0 Å². The highest BCUT2D eigenvalue weighted by atomic mass is 79.9. The lowest BCUT2D eigenvalue weighted by Gasteiger charge is -2.11. The summed E-state index contributed by atoms with van der Waals surface area (Å²) in [4.78, 5) is 0. The van der Waals surface area contributed by atoms with Gasteiger partial charge in [0, 0.05) is 12.2 Å². The number of anilines is 1. The van der Waals surface area contributed by atoms with Gasteiger partial charge in [0.05, 0.1) is 4.47 Å².